The number of amides is 2. The Morgan fingerprint density at radius 2 is 1.56 bits per heavy atom. The smallest absolute Gasteiger partial charge is 0.261 e. The number of carbonyl (C=O) groups excluding carboxylic acids is 2. The van der Waals surface area contributed by atoms with E-state index in [1.165, 1.54) is 12.0 Å². The molecule has 0 bridgehead atoms. The van der Waals surface area contributed by atoms with Crippen molar-refractivity contribution >= 4 is 11.8 Å². The van der Waals surface area contributed by atoms with Crippen LogP contribution < -0.4 is 10.1 Å². The van der Waals surface area contributed by atoms with Gasteiger partial charge >= 0.3 is 0 Å². The second kappa shape index (κ2) is 14.0. The molecule has 0 spiro atoms. The fourth-order valence-electron chi connectivity index (χ4n) is 5.25. The number of hydrogen-bond donors (Lipinski definition) is 1. The molecule has 1 aliphatic rings. The summed E-state index contributed by atoms with van der Waals surface area (Å²) in [5.74, 6) is 0.779. The molecule has 206 valence electrons. The molecule has 3 aromatic carbocycles. The number of nitrogens with one attached hydrogen (secondary N) is 1. The maximum absolute atomic E-state index is 13.9. The molecule has 2 amide bonds. The second-order valence-corrected chi connectivity index (χ2v) is 11.0. The van der Waals surface area contributed by atoms with Crippen LogP contribution in [0.1, 0.15) is 74.1 Å². The first kappa shape index (κ1) is 28.4. The molecule has 1 N–H and O–H groups in total. The molecule has 4 rings (SSSR count). The maximum Gasteiger partial charge on any atom is 0.261 e. The number of carbonyl (C=O) groups is 2. The lowest BCUT2D eigenvalue weighted by Crippen LogP contribution is -2.53. The van der Waals surface area contributed by atoms with Crippen LogP contribution in [0.5, 0.6) is 5.75 Å². The fraction of sp³-hybridized carbons (Fsp3) is 0.412. The van der Waals surface area contributed by atoms with Gasteiger partial charge in [-0.1, -0.05) is 99.8 Å². The van der Waals surface area contributed by atoms with E-state index in [2.05, 4.69) is 19.2 Å². The normalized spacial score (nSPS) is 14.6. The Morgan fingerprint density at radius 1 is 0.897 bits per heavy atom. The van der Waals surface area contributed by atoms with Gasteiger partial charge in [-0.2, -0.15) is 0 Å². The summed E-state index contributed by atoms with van der Waals surface area (Å²) in [5.41, 5.74) is 4.36. The standard InChI is InChI=1S/C34H42N2O3/c1-25(2)28-18-20-31(21-19-28)39-24-33(37)36(23-29-15-11-10-12-26(29)3)32(22-27-13-6-4-7-14-27)34(38)35-30-16-8-5-9-17-30/h4,6-7,10-15,18-21,25,30,32H,5,8-9,16-17,22-24H2,1-3H3,(H,35,38)/t32-/m1/s1. The number of aryl methyl sites for hydroxylation is 1. The zero-order valence-electron chi connectivity index (χ0n) is 23.6. The molecule has 1 aliphatic carbocycles. The van der Waals surface area contributed by atoms with Crippen molar-refractivity contribution in [1.29, 1.82) is 0 Å². The summed E-state index contributed by atoms with van der Waals surface area (Å²) < 4.78 is 5.96. The van der Waals surface area contributed by atoms with Gasteiger partial charge in [0.25, 0.3) is 5.91 Å². The lowest BCUT2D eigenvalue weighted by molar-refractivity contribution is -0.143. The quantitative estimate of drug-likeness (QED) is 0.307. The molecular weight excluding hydrogens is 484 g/mol. The summed E-state index contributed by atoms with van der Waals surface area (Å²) in [6.45, 7) is 6.55. The second-order valence-electron chi connectivity index (χ2n) is 11.0. The third-order valence-corrected chi connectivity index (χ3v) is 7.73. The molecule has 3 aromatic rings. The van der Waals surface area contributed by atoms with Gasteiger partial charge in [0.05, 0.1) is 0 Å². The average Bonchev–Trinajstić information content (AvgIpc) is 2.95. The molecule has 1 saturated carbocycles. The minimum atomic E-state index is -0.645. The van der Waals surface area contributed by atoms with Crippen molar-refractivity contribution in [3.63, 3.8) is 0 Å². The van der Waals surface area contributed by atoms with Gasteiger partial charge in [0.1, 0.15) is 11.8 Å². The molecule has 0 saturated heterocycles. The Morgan fingerprint density at radius 3 is 2.23 bits per heavy atom. The predicted molar refractivity (Wildman–Crippen MR) is 157 cm³/mol. The SMILES string of the molecule is Cc1ccccc1CN(C(=O)COc1ccc(C(C)C)cc1)[C@H](Cc1ccccc1)C(=O)NC1CCCCC1. The van der Waals surface area contributed by atoms with Crippen LogP contribution >= 0.6 is 0 Å². The minimum Gasteiger partial charge on any atom is -0.484 e. The first-order valence-corrected chi connectivity index (χ1v) is 14.3. The van der Waals surface area contributed by atoms with Crippen LogP contribution in [-0.2, 0) is 22.6 Å². The first-order valence-electron chi connectivity index (χ1n) is 14.3. The van der Waals surface area contributed by atoms with Crippen molar-refractivity contribution in [2.24, 2.45) is 0 Å². The summed E-state index contributed by atoms with van der Waals surface area (Å²) >= 11 is 0. The Kier molecular flexibility index (Phi) is 10.2. The van der Waals surface area contributed by atoms with E-state index in [0.717, 1.165) is 42.4 Å². The molecule has 39 heavy (non-hydrogen) atoms. The van der Waals surface area contributed by atoms with Gasteiger partial charge < -0.3 is 15.0 Å². The van der Waals surface area contributed by atoms with E-state index in [1.54, 1.807) is 4.90 Å². The predicted octanol–water partition coefficient (Wildman–Crippen LogP) is 6.59. The summed E-state index contributed by atoms with van der Waals surface area (Å²) in [7, 11) is 0. The number of benzene rings is 3. The van der Waals surface area contributed by atoms with Crippen LogP contribution in [0.25, 0.3) is 0 Å². The van der Waals surface area contributed by atoms with Crippen molar-refractivity contribution in [3.05, 3.63) is 101 Å². The number of nitrogens with zero attached hydrogens (tertiary/aromatic N) is 1. The Labute approximate surface area is 233 Å². The highest BCUT2D eigenvalue weighted by atomic mass is 16.5. The highest BCUT2D eigenvalue weighted by Gasteiger charge is 2.32. The van der Waals surface area contributed by atoms with Gasteiger partial charge in [-0.25, -0.2) is 0 Å². The van der Waals surface area contributed by atoms with Crippen molar-refractivity contribution in [2.75, 3.05) is 6.61 Å². The lowest BCUT2D eigenvalue weighted by atomic mass is 9.94. The summed E-state index contributed by atoms with van der Waals surface area (Å²) in [4.78, 5) is 29.4. The molecule has 0 heterocycles. The van der Waals surface area contributed by atoms with E-state index in [1.807, 2.05) is 85.8 Å². The van der Waals surface area contributed by atoms with Gasteiger partial charge in [0.2, 0.25) is 5.91 Å². The van der Waals surface area contributed by atoms with Crippen molar-refractivity contribution < 1.29 is 14.3 Å². The van der Waals surface area contributed by atoms with E-state index >= 15 is 0 Å². The summed E-state index contributed by atoms with van der Waals surface area (Å²) in [5, 5.41) is 3.29. The Hall–Kier alpha value is -3.60. The van der Waals surface area contributed by atoms with E-state index in [0.29, 0.717) is 24.6 Å². The minimum absolute atomic E-state index is 0.0889. The van der Waals surface area contributed by atoms with Gasteiger partial charge in [0.15, 0.2) is 6.61 Å². The van der Waals surface area contributed by atoms with Crippen molar-refractivity contribution in [2.45, 2.75) is 83.8 Å². The molecule has 5 nitrogen and oxygen atoms in total. The molecule has 5 heteroatoms. The zero-order valence-corrected chi connectivity index (χ0v) is 23.6. The zero-order chi connectivity index (χ0) is 27.6. The van der Waals surface area contributed by atoms with Crippen LogP contribution in [0, 0.1) is 6.92 Å². The van der Waals surface area contributed by atoms with Gasteiger partial charge in [-0.3, -0.25) is 9.59 Å². The third kappa shape index (κ3) is 8.19. The first-order chi connectivity index (χ1) is 18.9. The van der Waals surface area contributed by atoms with E-state index < -0.39 is 6.04 Å². The topological polar surface area (TPSA) is 58.6 Å². The number of ether oxygens (including phenoxy) is 1. The van der Waals surface area contributed by atoms with Gasteiger partial charge in [-0.15, -0.1) is 0 Å². The monoisotopic (exact) mass is 526 g/mol. The molecule has 1 fully saturated rings. The van der Waals surface area contributed by atoms with E-state index in [9.17, 15) is 9.59 Å². The maximum atomic E-state index is 13.9. The van der Waals surface area contributed by atoms with Gasteiger partial charge in [0, 0.05) is 19.0 Å². The lowest BCUT2D eigenvalue weighted by Gasteiger charge is -2.33. The summed E-state index contributed by atoms with van der Waals surface area (Å²) in [6.07, 6.45) is 5.90. The Bertz CT molecular complexity index is 1200. The highest BCUT2D eigenvalue weighted by Crippen LogP contribution is 2.22. The van der Waals surface area contributed by atoms with Gasteiger partial charge in [-0.05, 0) is 60.1 Å². The van der Waals surface area contributed by atoms with Crippen LogP contribution in [0.2, 0.25) is 0 Å². The van der Waals surface area contributed by atoms with Crippen LogP contribution in [-0.4, -0.2) is 35.4 Å². The molecule has 1 atom stereocenters. The largest absolute Gasteiger partial charge is 0.484 e. The van der Waals surface area contributed by atoms with Crippen LogP contribution in [0.15, 0.2) is 78.9 Å². The number of rotatable bonds is 11. The van der Waals surface area contributed by atoms with Crippen molar-refractivity contribution in [3.8, 4) is 5.75 Å². The molecule has 0 aliphatic heterocycles. The molecule has 0 aromatic heterocycles. The molecule has 0 unspecified atom stereocenters. The third-order valence-electron chi connectivity index (χ3n) is 7.73. The van der Waals surface area contributed by atoms with E-state index in [4.69, 9.17) is 4.74 Å². The van der Waals surface area contributed by atoms with Crippen LogP contribution in [0.3, 0.4) is 0 Å². The fourth-order valence-corrected chi connectivity index (χ4v) is 5.25. The van der Waals surface area contributed by atoms with Crippen molar-refractivity contribution in [1.82, 2.24) is 10.2 Å². The van der Waals surface area contributed by atoms with E-state index in [-0.39, 0.29) is 24.5 Å². The number of hydrogen-bond acceptors (Lipinski definition) is 3. The average molecular weight is 527 g/mol. The highest BCUT2D eigenvalue weighted by molar-refractivity contribution is 5.88. The molecular formula is C34H42N2O3. The summed E-state index contributed by atoms with van der Waals surface area (Å²) in [6, 6.07) is 25.4. The molecule has 0 radical (unpaired) electrons. The Balaban J connectivity index is 1.59. The van der Waals surface area contributed by atoms with Crippen LogP contribution in [0.4, 0.5) is 0 Å².